The Hall–Kier alpha value is -2.16. The van der Waals surface area contributed by atoms with E-state index in [1.54, 1.807) is 12.4 Å². The van der Waals surface area contributed by atoms with Crippen LogP contribution >= 0.6 is 0 Å². The number of carboxylic acids is 1. The van der Waals surface area contributed by atoms with E-state index in [-0.39, 0.29) is 0 Å². The Kier molecular flexibility index (Phi) is 2.82. The molecular weight excluding hydrogens is 238 g/mol. The van der Waals surface area contributed by atoms with Crippen LogP contribution in [0.25, 0.3) is 0 Å². The molecule has 1 heterocycles. The molecule has 3 nitrogen and oxygen atoms in total. The van der Waals surface area contributed by atoms with Crippen LogP contribution in [0, 0.1) is 5.41 Å². The van der Waals surface area contributed by atoms with Crippen LogP contribution in [-0.4, -0.2) is 16.1 Å². The lowest BCUT2D eigenvalue weighted by Crippen LogP contribution is -2.34. The molecule has 19 heavy (non-hydrogen) atoms. The molecule has 1 aromatic heterocycles. The van der Waals surface area contributed by atoms with Crippen LogP contribution in [-0.2, 0) is 24.1 Å². The van der Waals surface area contributed by atoms with Crippen molar-refractivity contribution >= 4 is 5.97 Å². The second-order valence-electron chi connectivity index (χ2n) is 5.24. The zero-order valence-electron chi connectivity index (χ0n) is 10.5. The van der Waals surface area contributed by atoms with Crippen molar-refractivity contribution in [1.82, 2.24) is 4.98 Å². The number of hydrogen-bond acceptors (Lipinski definition) is 2. The van der Waals surface area contributed by atoms with Gasteiger partial charge in [0.15, 0.2) is 0 Å². The number of carboxylic acid groups (broad SMARTS) is 1. The Bertz CT molecular complexity index is 582. The lowest BCUT2D eigenvalue weighted by molar-refractivity contribution is -0.148. The number of hydrogen-bond donors (Lipinski definition) is 1. The molecule has 1 aliphatic carbocycles. The smallest absolute Gasteiger partial charge is 0.310 e. The summed E-state index contributed by atoms with van der Waals surface area (Å²) >= 11 is 0. The second-order valence-corrected chi connectivity index (χ2v) is 5.24. The molecule has 0 unspecified atom stereocenters. The number of fused-ring (bicyclic) bond motifs is 1. The van der Waals surface area contributed by atoms with Crippen LogP contribution in [0.1, 0.15) is 16.7 Å². The minimum atomic E-state index is -0.708. The maximum atomic E-state index is 11.8. The van der Waals surface area contributed by atoms with Gasteiger partial charge in [-0.15, -0.1) is 0 Å². The average molecular weight is 253 g/mol. The molecule has 0 saturated carbocycles. The first-order valence-corrected chi connectivity index (χ1v) is 6.39. The third-order valence-corrected chi connectivity index (χ3v) is 3.92. The van der Waals surface area contributed by atoms with Crippen molar-refractivity contribution in [1.29, 1.82) is 0 Å². The Balaban J connectivity index is 1.93. The first-order chi connectivity index (χ1) is 9.20. The van der Waals surface area contributed by atoms with Crippen molar-refractivity contribution in [2.24, 2.45) is 5.41 Å². The molecule has 0 saturated heterocycles. The molecule has 96 valence electrons. The summed E-state index contributed by atoms with van der Waals surface area (Å²) in [4.78, 5) is 15.8. The van der Waals surface area contributed by atoms with Gasteiger partial charge in [0.1, 0.15) is 0 Å². The standard InChI is InChI=1S/C16H15NO2/c18-15(19)16(9-12-5-7-17-8-6-12)10-13-3-1-2-4-14(13)11-16/h1-8H,9-11H2,(H,18,19). The van der Waals surface area contributed by atoms with E-state index in [4.69, 9.17) is 0 Å². The third-order valence-electron chi connectivity index (χ3n) is 3.92. The van der Waals surface area contributed by atoms with Gasteiger partial charge >= 0.3 is 5.97 Å². The van der Waals surface area contributed by atoms with Crippen LogP contribution in [0.2, 0.25) is 0 Å². The number of aromatic nitrogens is 1. The highest BCUT2D eigenvalue weighted by molar-refractivity contribution is 5.77. The van der Waals surface area contributed by atoms with Gasteiger partial charge in [0.2, 0.25) is 0 Å². The zero-order valence-corrected chi connectivity index (χ0v) is 10.5. The van der Waals surface area contributed by atoms with Gasteiger partial charge in [-0.1, -0.05) is 24.3 Å². The van der Waals surface area contributed by atoms with Gasteiger partial charge in [-0.25, -0.2) is 0 Å². The highest BCUT2D eigenvalue weighted by Crippen LogP contribution is 2.39. The number of aliphatic carboxylic acids is 1. The van der Waals surface area contributed by atoms with Crippen molar-refractivity contribution in [3.63, 3.8) is 0 Å². The SMILES string of the molecule is O=C(O)C1(Cc2ccncc2)Cc2ccccc2C1. The maximum Gasteiger partial charge on any atom is 0.310 e. The molecule has 0 aliphatic heterocycles. The van der Waals surface area contributed by atoms with Gasteiger partial charge in [0, 0.05) is 12.4 Å². The highest BCUT2D eigenvalue weighted by Gasteiger charge is 2.43. The fourth-order valence-electron chi connectivity index (χ4n) is 2.94. The van der Waals surface area contributed by atoms with E-state index in [1.165, 1.54) is 11.1 Å². The van der Waals surface area contributed by atoms with Gasteiger partial charge in [0.05, 0.1) is 5.41 Å². The Morgan fingerprint density at radius 3 is 2.21 bits per heavy atom. The molecule has 0 atom stereocenters. The predicted molar refractivity (Wildman–Crippen MR) is 71.9 cm³/mol. The van der Waals surface area contributed by atoms with Crippen LogP contribution in [0.15, 0.2) is 48.8 Å². The van der Waals surface area contributed by atoms with Gasteiger partial charge in [0.25, 0.3) is 0 Å². The summed E-state index contributed by atoms with van der Waals surface area (Å²) < 4.78 is 0. The summed E-state index contributed by atoms with van der Waals surface area (Å²) in [6, 6.07) is 11.8. The summed E-state index contributed by atoms with van der Waals surface area (Å²) in [6.45, 7) is 0. The number of pyridine rings is 1. The van der Waals surface area contributed by atoms with E-state index in [9.17, 15) is 9.90 Å². The zero-order chi connectivity index (χ0) is 13.3. The maximum absolute atomic E-state index is 11.8. The van der Waals surface area contributed by atoms with Crippen molar-refractivity contribution < 1.29 is 9.90 Å². The number of benzene rings is 1. The number of carbonyl (C=O) groups is 1. The predicted octanol–water partition coefficient (Wildman–Crippen LogP) is 2.49. The monoisotopic (exact) mass is 253 g/mol. The van der Waals surface area contributed by atoms with Gasteiger partial charge < -0.3 is 5.11 Å². The van der Waals surface area contributed by atoms with E-state index in [1.807, 2.05) is 36.4 Å². The van der Waals surface area contributed by atoms with E-state index < -0.39 is 11.4 Å². The molecule has 0 bridgehead atoms. The Labute approximate surface area is 111 Å². The fraction of sp³-hybridized carbons (Fsp3) is 0.250. The molecule has 2 aromatic rings. The lowest BCUT2D eigenvalue weighted by Gasteiger charge is -2.23. The molecule has 0 fully saturated rings. The van der Waals surface area contributed by atoms with Crippen LogP contribution in [0.5, 0.6) is 0 Å². The normalized spacial score (nSPS) is 16.0. The fourth-order valence-corrected chi connectivity index (χ4v) is 2.94. The van der Waals surface area contributed by atoms with E-state index in [0.717, 1.165) is 5.56 Å². The molecule has 1 aliphatic rings. The highest BCUT2D eigenvalue weighted by atomic mass is 16.4. The van der Waals surface area contributed by atoms with Crippen LogP contribution < -0.4 is 0 Å². The molecule has 0 amide bonds. The first kappa shape index (κ1) is 11.9. The molecule has 0 radical (unpaired) electrons. The molecule has 3 rings (SSSR count). The molecular formula is C16H15NO2. The molecule has 3 heteroatoms. The largest absolute Gasteiger partial charge is 0.481 e. The summed E-state index contributed by atoms with van der Waals surface area (Å²) in [7, 11) is 0. The van der Waals surface area contributed by atoms with Gasteiger partial charge in [-0.2, -0.15) is 0 Å². The number of nitrogens with zero attached hydrogens (tertiary/aromatic N) is 1. The molecule has 0 spiro atoms. The second kappa shape index (κ2) is 4.50. The van der Waals surface area contributed by atoms with Crippen molar-refractivity contribution in [2.45, 2.75) is 19.3 Å². The topological polar surface area (TPSA) is 50.2 Å². The number of rotatable bonds is 3. The van der Waals surface area contributed by atoms with E-state index in [0.29, 0.717) is 19.3 Å². The molecule has 1 aromatic carbocycles. The minimum Gasteiger partial charge on any atom is -0.481 e. The Morgan fingerprint density at radius 1 is 1.11 bits per heavy atom. The lowest BCUT2D eigenvalue weighted by atomic mass is 9.79. The Morgan fingerprint density at radius 2 is 1.68 bits per heavy atom. The molecule has 1 N–H and O–H groups in total. The first-order valence-electron chi connectivity index (χ1n) is 6.39. The van der Waals surface area contributed by atoms with E-state index in [2.05, 4.69) is 4.98 Å². The summed E-state index contributed by atoms with van der Waals surface area (Å²) in [6.07, 6.45) is 5.21. The quantitative estimate of drug-likeness (QED) is 0.914. The average Bonchev–Trinajstić information content (AvgIpc) is 2.79. The van der Waals surface area contributed by atoms with E-state index >= 15 is 0 Å². The van der Waals surface area contributed by atoms with Crippen LogP contribution in [0.3, 0.4) is 0 Å². The van der Waals surface area contributed by atoms with Crippen molar-refractivity contribution in [3.8, 4) is 0 Å². The summed E-state index contributed by atoms with van der Waals surface area (Å²) in [5.41, 5.74) is 2.66. The minimum absolute atomic E-state index is 0.555. The van der Waals surface area contributed by atoms with Crippen molar-refractivity contribution in [3.05, 3.63) is 65.5 Å². The van der Waals surface area contributed by atoms with Gasteiger partial charge in [-0.05, 0) is 48.1 Å². The van der Waals surface area contributed by atoms with Gasteiger partial charge in [-0.3, -0.25) is 9.78 Å². The summed E-state index contributed by atoms with van der Waals surface area (Å²) in [5.74, 6) is -0.708. The van der Waals surface area contributed by atoms with Crippen molar-refractivity contribution in [2.75, 3.05) is 0 Å². The summed E-state index contributed by atoms with van der Waals surface area (Å²) in [5, 5.41) is 9.68. The third kappa shape index (κ3) is 2.12. The van der Waals surface area contributed by atoms with Crippen LogP contribution in [0.4, 0.5) is 0 Å².